The summed E-state index contributed by atoms with van der Waals surface area (Å²) < 4.78 is 5.54. The van der Waals surface area contributed by atoms with E-state index in [1.54, 1.807) is 0 Å². The Hall–Kier alpha value is -2.60. The summed E-state index contributed by atoms with van der Waals surface area (Å²) in [6.45, 7) is 4.33. The quantitative estimate of drug-likeness (QED) is 0.229. The van der Waals surface area contributed by atoms with Crippen LogP contribution >= 0.6 is 11.6 Å². The van der Waals surface area contributed by atoms with Crippen LogP contribution in [0.4, 0.5) is 16.2 Å². The second kappa shape index (κ2) is 12.2. The van der Waals surface area contributed by atoms with Gasteiger partial charge in [0.15, 0.2) is 0 Å². The first-order chi connectivity index (χ1) is 14.4. The molecule has 7 heteroatoms. The Balaban J connectivity index is 2.11. The molecule has 0 saturated carbocycles. The van der Waals surface area contributed by atoms with Gasteiger partial charge in [-0.15, -0.1) is 0 Å². The highest BCUT2D eigenvalue weighted by Crippen LogP contribution is 2.28. The van der Waals surface area contributed by atoms with Gasteiger partial charge in [0, 0.05) is 6.07 Å². The van der Waals surface area contributed by atoms with Gasteiger partial charge in [0.25, 0.3) is 5.69 Å². The van der Waals surface area contributed by atoms with E-state index < -0.39 is 11.0 Å². The first-order valence-corrected chi connectivity index (χ1v) is 10.9. The van der Waals surface area contributed by atoms with Gasteiger partial charge in [-0.25, -0.2) is 4.79 Å². The summed E-state index contributed by atoms with van der Waals surface area (Å²) in [7, 11) is 0. The van der Waals surface area contributed by atoms with Crippen LogP contribution < -0.4 is 10.1 Å². The largest absolute Gasteiger partial charge is 0.417 e. The average Bonchev–Trinajstić information content (AvgIpc) is 2.71. The number of hydrogen-bond donors (Lipinski definition) is 1. The fraction of sp³-hybridized carbons (Fsp3) is 0.435. The van der Waals surface area contributed by atoms with Gasteiger partial charge in [0.1, 0.15) is 10.8 Å². The fourth-order valence-electron chi connectivity index (χ4n) is 3.20. The van der Waals surface area contributed by atoms with Gasteiger partial charge in [-0.2, -0.15) is 0 Å². The number of carbonyl (C=O) groups excluding carboxylic acids is 1. The lowest BCUT2D eigenvalue weighted by atomic mass is 10.0. The Morgan fingerprint density at radius 2 is 1.73 bits per heavy atom. The molecule has 0 spiro atoms. The molecule has 0 saturated heterocycles. The number of hydrogen-bond acceptors (Lipinski definition) is 4. The third-order valence-electron chi connectivity index (χ3n) is 4.84. The van der Waals surface area contributed by atoms with E-state index in [1.165, 1.54) is 36.6 Å². The zero-order valence-corrected chi connectivity index (χ0v) is 18.3. The number of carbonyl (C=O) groups is 1. The van der Waals surface area contributed by atoms with Gasteiger partial charge in [0.2, 0.25) is 0 Å². The predicted molar refractivity (Wildman–Crippen MR) is 121 cm³/mol. The number of ether oxygens (including phenoxy) is 1. The van der Waals surface area contributed by atoms with Gasteiger partial charge >= 0.3 is 6.09 Å². The summed E-state index contributed by atoms with van der Waals surface area (Å²) in [6, 6.07) is 10.0. The lowest BCUT2D eigenvalue weighted by Crippen LogP contribution is -2.17. The van der Waals surface area contributed by atoms with E-state index in [4.69, 9.17) is 16.3 Å². The molecule has 1 amide bonds. The molecule has 0 aliphatic heterocycles. The highest BCUT2D eigenvalue weighted by Gasteiger charge is 2.15. The van der Waals surface area contributed by atoms with Crippen molar-refractivity contribution in [1.82, 2.24) is 0 Å². The second-order valence-electron chi connectivity index (χ2n) is 7.29. The minimum Gasteiger partial charge on any atom is -0.410 e. The van der Waals surface area contributed by atoms with Crippen LogP contribution in [0, 0.1) is 10.1 Å². The number of nitrogens with one attached hydrogen (secondary N) is 1. The number of amides is 1. The van der Waals surface area contributed by atoms with Crippen LogP contribution in [0.15, 0.2) is 36.4 Å². The maximum absolute atomic E-state index is 12.4. The standard InChI is InChI=1S/C23H29ClN2O4/c1-3-5-7-9-17-11-14-22(18(15-17)10-8-6-4-2)30-23(27)25-19-12-13-20(24)21(16-19)26(28)29/h11-16H,3-10H2,1-2H3,(H,25,27). The van der Waals surface area contributed by atoms with Gasteiger partial charge in [-0.05, 0) is 55.0 Å². The Kier molecular flexibility index (Phi) is 9.61. The van der Waals surface area contributed by atoms with Gasteiger partial charge in [-0.1, -0.05) is 63.3 Å². The number of unbranched alkanes of at least 4 members (excludes halogenated alkanes) is 4. The van der Waals surface area contributed by atoms with Crippen LogP contribution in [0.3, 0.4) is 0 Å². The van der Waals surface area contributed by atoms with Crippen LogP contribution in [0.2, 0.25) is 5.02 Å². The van der Waals surface area contributed by atoms with Crippen LogP contribution in [0.1, 0.15) is 63.5 Å². The summed E-state index contributed by atoms with van der Waals surface area (Å²) >= 11 is 5.81. The van der Waals surface area contributed by atoms with Crippen LogP contribution in [-0.4, -0.2) is 11.0 Å². The molecule has 0 aliphatic carbocycles. The normalized spacial score (nSPS) is 10.6. The zero-order valence-electron chi connectivity index (χ0n) is 17.6. The number of nitrogens with zero attached hydrogens (tertiary/aromatic N) is 1. The van der Waals surface area contributed by atoms with Crippen molar-refractivity contribution in [2.75, 3.05) is 5.32 Å². The number of nitro groups is 1. The molecule has 6 nitrogen and oxygen atoms in total. The van der Waals surface area contributed by atoms with Crippen molar-refractivity contribution in [2.45, 2.75) is 65.2 Å². The van der Waals surface area contributed by atoms with Gasteiger partial charge < -0.3 is 4.74 Å². The van der Waals surface area contributed by atoms with Crippen molar-refractivity contribution >= 4 is 29.1 Å². The molecule has 0 atom stereocenters. The smallest absolute Gasteiger partial charge is 0.410 e. The molecule has 30 heavy (non-hydrogen) atoms. The fourth-order valence-corrected chi connectivity index (χ4v) is 3.39. The van der Waals surface area contributed by atoms with E-state index in [2.05, 4.69) is 25.2 Å². The van der Waals surface area contributed by atoms with E-state index in [0.717, 1.165) is 44.1 Å². The third kappa shape index (κ3) is 7.34. The third-order valence-corrected chi connectivity index (χ3v) is 5.16. The molecule has 2 rings (SSSR count). The van der Waals surface area contributed by atoms with E-state index in [1.807, 2.05) is 12.1 Å². The number of benzene rings is 2. The van der Waals surface area contributed by atoms with Crippen LogP contribution in [-0.2, 0) is 12.8 Å². The summed E-state index contributed by atoms with van der Waals surface area (Å²) in [5.74, 6) is 0.520. The minimum atomic E-state index is -0.693. The Morgan fingerprint density at radius 1 is 1.03 bits per heavy atom. The molecule has 0 bridgehead atoms. The minimum absolute atomic E-state index is 0.00999. The Bertz CT molecular complexity index is 870. The molecule has 2 aromatic rings. The Labute approximate surface area is 182 Å². The second-order valence-corrected chi connectivity index (χ2v) is 7.70. The van der Waals surface area contributed by atoms with Crippen molar-refractivity contribution in [2.24, 2.45) is 0 Å². The van der Waals surface area contributed by atoms with Gasteiger partial charge in [-0.3, -0.25) is 15.4 Å². The number of halogens is 1. The molecular weight excluding hydrogens is 404 g/mol. The van der Waals surface area contributed by atoms with E-state index in [9.17, 15) is 14.9 Å². The zero-order chi connectivity index (χ0) is 21.9. The van der Waals surface area contributed by atoms with Gasteiger partial charge in [0.05, 0.1) is 10.6 Å². The summed E-state index contributed by atoms with van der Waals surface area (Å²) in [5, 5.41) is 13.6. The molecule has 0 radical (unpaired) electrons. The predicted octanol–water partition coefficient (Wildman–Crippen LogP) is 7.32. The molecule has 162 valence electrons. The highest BCUT2D eigenvalue weighted by molar-refractivity contribution is 6.32. The first-order valence-electron chi connectivity index (χ1n) is 10.5. The van der Waals surface area contributed by atoms with Crippen molar-refractivity contribution in [3.8, 4) is 5.75 Å². The van der Waals surface area contributed by atoms with E-state index in [0.29, 0.717) is 5.75 Å². The lowest BCUT2D eigenvalue weighted by Gasteiger charge is -2.13. The van der Waals surface area contributed by atoms with Crippen molar-refractivity contribution in [3.05, 3.63) is 62.7 Å². The maximum Gasteiger partial charge on any atom is 0.417 e. The number of rotatable bonds is 11. The summed E-state index contributed by atoms with van der Waals surface area (Å²) in [5.41, 5.74) is 2.23. The highest BCUT2D eigenvalue weighted by atomic mass is 35.5. The first kappa shape index (κ1) is 23.7. The summed E-state index contributed by atoms with van der Waals surface area (Å²) in [4.78, 5) is 22.8. The van der Waals surface area contributed by atoms with Crippen LogP contribution in [0.5, 0.6) is 5.75 Å². The summed E-state index contributed by atoms with van der Waals surface area (Å²) in [6.07, 6.45) is 7.91. The van der Waals surface area contributed by atoms with Crippen molar-refractivity contribution < 1.29 is 14.5 Å². The maximum atomic E-state index is 12.4. The molecular formula is C23H29ClN2O4. The molecule has 1 N–H and O–H groups in total. The molecule has 0 unspecified atom stereocenters. The number of anilines is 1. The molecule has 0 aromatic heterocycles. The van der Waals surface area contributed by atoms with E-state index >= 15 is 0 Å². The number of aryl methyl sites for hydroxylation is 2. The van der Waals surface area contributed by atoms with Crippen molar-refractivity contribution in [1.29, 1.82) is 0 Å². The number of nitro benzene ring substituents is 1. The molecule has 0 heterocycles. The van der Waals surface area contributed by atoms with Crippen LogP contribution in [0.25, 0.3) is 0 Å². The van der Waals surface area contributed by atoms with Crippen molar-refractivity contribution in [3.63, 3.8) is 0 Å². The Morgan fingerprint density at radius 3 is 2.40 bits per heavy atom. The topological polar surface area (TPSA) is 81.5 Å². The van der Waals surface area contributed by atoms with E-state index in [-0.39, 0.29) is 16.4 Å². The lowest BCUT2D eigenvalue weighted by molar-refractivity contribution is -0.384. The monoisotopic (exact) mass is 432 g/mol. The SMILES string of the molecule is CCCCCc1ccc(OC(=O)Nc2ccc(Cl)c([N+](=O)[O-])c2)c(CCCCC)c1. The molecule has 0 aliphatic rings. The molecule has 0 fully saturated rings. The average molecular weight is 433 g/mol. The molecule has 2 aromatic carbocycles.